The number of hydrogen-bond acceptors (Lipinski definition) is 11. The van der Waals surface area contributed by atoms with Crippen LogP contribution >= 0.6 is 0 Å². The molecule has 38 heavy (non-hydrogen) atoms. The minimum absolute atomic E-state index is 0.0141. The molecule has 5 atom stereocenters. The number of fused-ring (bicyclic) bond motifs is 1. The van der Waals surface area contributed by atoms with Crippen LogP contribution < -0.4 is 15.1 Å². The Morgan fingerprint density at radius 2 is 1.76 bits per heavy atom. The number of esters is 2. The second-order valence-corrected chi connectivity index (χ2v) is 8.48. The van der Waals surface area contributed by atoms with Crippen LogP contribution in [0.15, 0.2) is 57.7 Å². The Bertz CT molecular complexity index is 1360. The number of hydrogen-bond donors (Lipinski definition) is 2. The van der Waals surface area contributed by atoms with Crippen molar-refractivity contribution in [3.8, 4) is 11.5 Å². The van der Waals surface area contributed by atoms with E-state index in [0.29, 0.717) is 17.6 Å². The van der Waals surface area contributed by atoms with Gasteiger partial charge in [-0.1, -0.05) is 12.1 Å². The van der Waals surface area contributed by atoms with Crippen LogP contribution in [-0.2, 0) is 19.0 Å². The molecule has 1 aliphatic heterocycles. The Labute approximate surface area is 217 Å². The third-order valence-electron chi connectivity index (χ3n) is 5.89. The highest BCUT2D eigenvalue weighted by molar-refractivity contribution is 5.93. The summed E-state index contributed by atoms with van der Waals surface area (Å²) in [6.45, 7) is 5.35. The van der Waals surface area contributed by atoms with E-state index < -0.39 is 48.3 Å². The molecular weight excluding hydrogens is 500 g/mol. The summed E-state index contributed by atoms with van der Waals surface area (Å²) < 4.78 is 32.5. The van der Waals surface area contributed by atoms with Crippen molar-refractivity contribution in [3.05, 3.63) is 70.1 Å². The van der Waals surface area contributed by atoms with Crippen LogP contribution in [0.3, 0.4) is 0 Å². The third kappa shape index (κ3) is 5.64. The van der Waals surface area contributed by atoms with Gasteiger partial charge in [0.1, 0.15) is 34.9 Å². The van der Waals surface area contributed by atoms with E-state index in [1.54, 1.807) is 51.1 Å². The van der Waals surface area contributed by atoms with E-state index in [1.807, 2.05) is 0 Å². The molecule has 1 aliphatic rings. The second kappa shape index (κ2) is 11.6. The lowest BCUT2D eigenvalue weighted by atomic mass is 9.98. The molecule has 1 fully saturated rings. The van der Waals surface area contributed by atoms with Crippen molar-refractivity contribution in [2.24, 2.45) is 0 Å². The zero-order valence-electron chi connectivity index (χ0n) is 21.0. The number of aryl methyl sites for hydroxylation is 1. The topological polar surface area (TPSA) is 151 Å². The van der Waals surface area contributed by atoms with E-state index >= 15 is 0 Å². The van der Waals surface area contributed by atoms with Gasteiger partial charge in [-0.05, 0) is 50.6 Å². The zero-order chi connectivity index (χ0) is 27.4. The molecule has 0 bridgehead atoms. The van der Waals surface area contributed by atoms with Crippen LogP contribution in [0, 0.1) is 6.92 Å². The molecule has 0 radical (unpaired) electrons. The highest BCUT2D eigenvalue weighted by atomic mass is 16.7. The summed E-state index contributed by atoms with van der Waals surface area (Å²) in [6.07, 6.45) is -8.32. The first-order valence-electron chi connectivity index (χ1n) is 12.1. The number of ether oxygens (including phenoxy) is 5. The first-order chi connectivity index (χ1) is 18.2. The van der Waals surface area contributed by atoms with Gasteiger partial charge in [-0.3, -0.25) is 0 Å². The summed E-state index contributed by atoms with van der Waals surface area (Å²) in [5.74, 6) is -1.45. The van der Waals surface area contributed by atoms with Crippen molar-refractivity contribution in [2.45, 2.75) is 51.5 Å². The number of carbonyl (C=O) groups is 2. The van der Waals surface area contributed by atoms with E-state index in [9.17, 15) is 24.6 Å². The van der Waals surface area contributed by atoms with Crippen molar-refractivity contribution in [1.82, 2.24) is 0 Å². The van der Waals surface area contributed by atoms with Crippen LogP contribution in [0.2, 0.25) is 0 Å². The van der Waals surface area contributed by atoms with Crippen molar-refractivity contribution in [1.29, 1.82) is 0 Å². The lowest BCUT2D eigenvalue weighted by molar-refractivity contribution is -0.271. The minimum atomic E-state index is -1.79. The monoisotopic (exact) mass is 528 g/mol. The quantitative estimate of drug-likeness (QED) is 0.327. The maximum atomic E-state index is 13.0. The first kappa shape index (κ1) is 27.1. The lowest BCUT2D eigenvalue weighted by Crippen LogP contribution is -2.62. The highest BCUT2D eigenvalue weighted by Gasteiger charge is 2.51. The molecule has 0 aliphatic carbocycles. The van der Waals surface area contributed by atoms with Gasteiger partial charge < -0.3 is 38.3 Å². The Balaban J connectivity index is 1.59. The summed E-state index contributed by atoms with van der Waals surface area (Å²) in [5.41, 5.74) is 0.449. The van der Waals surface area contributed by atoms with Crippen molar-refractivity contribution < 1.29 is 47.9 Å². The Hall–Kier alpha value is -3.93. The molecule has 0 spiro atoms. The molecule has 1 aromatic heterocycles. The maximum Gasteiger partial charge on any atom is 0.342 e. The number of carbonyl (C=O) groups excluding carboxylic acids is 2. The van der Waals surface area contributed by atoms with E-state index in [1.165, 1.54) is 18.2 Å². The lowest BCUT2D eigenvalue weighted by Gasteiger charge is -2.40. The van der Waals surface area contributed by atoms with Gasteiger partial charge in [0.05, 0.1) is 13.2 Å². The van der Waals surface area contributed by atoms with Gasteiger partial charge in [0.25, 0.3) is 0 Å². The number of rotatable bonds is 8. The molecule has 0 saturated carbocycles. The van der Waals surface area contributed by atoms with Crippen LogP contribution in [-0.4, -0.2) is 66.1 Å². The van der Waals surface area contributed by atoms with Crippen LogP contribution in [0.25, 0.3) is 11.0 Å². The fourth-order valence-corrected chi connectivity index (χ4v) is 4.10. The Morgan fingerprint density at radius 3 is 2.50 bits per heavy atom. The normalized spacial score (nSPS) is 23.0. The van der Waals surface area contributed by atoms with Crippen molar-refractivity contribution >= 4 is 22.9 Å². The van der Waals surface area contributed by atoms with Gasteiger partial charge in [-0.25, -0.2) is 14.4 Å². The van der Waals surface area contributed by atoms with Crippen LogP contribution in [0.1, 0.15) is 29.8 Å². The van der Waals surface area contributed by atoms with Gasteiger partial charge in [0.2, 0.25) is 6.29 Å². The molecule has 202 valence electrons. The molecule has 11 heteroatoms. The number of aliphatic hydroxyl groups excluding tert-OH is 2. The SMILES string of the molecule is CCOC(=O)C1O[C@@H](Oc2ccc3c(C)cc(=O)oc3c2)C(O)[C@H](O)[C@@H]1OC(=O)c1ccccc1OCC. The summed E-state index contributed by atoms with van der Waals surface area (Å²) in [7, 11) is 0. The smallest absolute Gasteiger partial charge is 0.342 e. The average molecular weight is 529 g/mol. The summed E-state index contributed by atoms with van der Waals surface area (Å²) in [5, 5.41) is 22.4. The summed E-state index contributed by atoms with van der Waals surface area (Å²) in [6, 6.07) is 12.3. The minimum Gasteiger partial charge on any atom is -0.493 e. The molecule has 11 nitrogen and oxygen atoms in total. The zero-order valence-corrected chi connectivity index (χ0v) is 21.0. The van der Waals surface area contributed by atoms with E-state index in [4.69, 9.17) is 28.1 Å². The fourth-order valence-electron chi connectivity index (χ4n) is 4.10. The molecule has 4 rings (SSSR count). The highest BCUT2D eigenvalue weighted by Crippen LogP contribution is 2.30. The largest absolute Gasteiger partial charge is 0.493 e. The number of benzene rings is 2. The molecule has 2 heterocycles. The standard InChI is InChI=1S/C27H28O11/c1-4-33-18-9-7-6-8-17(18)25(31)37-23-21(29)22(30)27(38-24(23)26(32)34-5-2)35-15-10-11-16-14(3)12-20(28)36-19(16)13-15/h6-13,21-24,27,29-30H,4-5H2,1-3H3/t21-,22?,23-,24?,27+/m0/s1. The van der Waals surface area contributed by atoms with Crippen molar-refractivity contribution in [2.75, 3.05) is 13.2 Å². The van der Waals surface area contributed by atoms with Gasteiger partial charge in [0.15, 0.2) is 12.2 Å². The number of aliphatic hydroxyl groups is 2. The fraction of sp³-hybridized carbons (Fsp3) is 0.370. The molecule has 3 aromatic rings. The molecule has 1 saturated heterocycles. The predicted octanol–water partition coefficient (Wildman–Crippen LogP) is 2.11. The van der Waals surface area contributed by atoms with E-state index in [-0.39, 0.29) is 29.3 Å². The van der Waals surface area contributed by atoms with Gasteiger partial charge >= 0.3 is 17.6 Å². The maximum absolute atomic E-state index is 13.0. The Kier molecular flexibility index (Phi) is 8.30. The Morgan fingerprint density at radius 1 is 1.00 bits per heavy atom. The second-order valence-electron chi connectivity index (χ2n) is 8.48. The van der Waals surface area contributed by atoms with Gasteiger partial charge in [-0.2, -0.15) is 0 Å². The summed E-state index contributed by atoms with van der Waals surface area (Å²) in [4.78, 5) is 37.5. The van der Waals surface area contributed by atoms with Gasteiger partial charge in [-0.15, -0.1) is 0 Å². The molecular formula is C27H28O11. The molecule has 2 unspecified atom stereocenters. The average Bonchev–Trinajstić information content (AvgIpc) is 2.88. The van der Waals surface area contributed by atoms with E-state index in [2.05, 4.69) is 0 Å². The molecule has 0 amide bonds. The summed E-state index contributed by atoms with van der Waals surface area (Å²) >= 11 is 0. The third-order valence-corrected chi connectivity index (χ3v) is 5.89. The number of para-hydroxylation sites is 1. The molecule has 2 aromatic carbocycles. The van der Waals surface area contributed by atoms with Crippen LogP contribution in [0.4, 0.5) is 0 Å². The first-order valence-corrected chi connectivity index (χ1v) is 12.1. The predicted molar refractivity (Wildman–Crippen MR) is 132 cm³/mol. The van der Waals surface area contributed by atoms with Crippen molar-refractivity contribution in [3.63, 3.8) is 0 Å². The van der Waals surface area contributed by atoms with Crippen LogP contribution in [0.5, 0.6) is 11.5 Å². The molecule has 2 N–H and O–H groups in total. The van der Waals surface area contributed by atoms with E-state index in [0.717, 1.165) is 0 Å². The van der Waals surface area contributed by atoms with Gasteiger partial charge in [0, 0.05) is 17.5 Å².